The minimum Gasteiger partial charge on any atom is -0.394 e. The van der Waals surface area contributed by atoms with Crippen molar-refractivity contribution < 1.29 is 19.3 Å². The molecule has 1 aliphatic heterocycles. The fraction of sp³-hybridized carbons (Fsp3) is 0.538. The number of hydrogen-bond donors (Lipinski definition) is 2. The lowest BCUT2D eigenvalue weighted by molar-refractivity contribution is -0.0423. The van der Waals surface area contributed by atoms with Gasteiger partial charge in [0.15, 0.2) is 0 Å². The van der Waals surface area contributed by atoms with Crippen molar-refractivity contribution in [3.8, 4) is 0 Å². The molecule has 0 bridgehead atoms. The number of anilines is 1. The molecule has 4 nitrogen and oxygen atoms in total. The summed E-state index contributed by atoms with van der Waals surface area (Å²) in [5.74, 6) is -0.354. The SMILES string of the molecule is CC1CN(c2c(F)cccc2CO)CC(CO)O1. The Kier molecular flexibility index (Phi) is 4.16. The first-order valence-electron chi connectivity index (χ1n) is 6.05. The van der Waals surface area contributed by atoms with Gasteiger partial charge in [0.05, 0.1) is 31.1 Å². The standard InChI is InChI=1S/C13H18FNO3/c1-9-5-15(6-11(8-17)18-9)13-10(7-16)3-2-4-12(13)14/h2-4,9,11,16-17H,5-8H2,1H3. The van der Waals surface area contributed by atoms with E-state index < -0.39 is 0 Å². The highest BCUT2D eigenvalue weighted by Gasteiger charge is 2.27. The molecule has 0 amide bonds. The zero-order valence-electron chi connectivity index (χ0n) is 10.3. The van der Waals surface area contributed by atoms with Crippen LogP contribution in [0.5, 0.6) is 0 Å². The summed E-state index contributed by atoms with van der Waals surface area (Å²) in [7, 11) is 0. The third-order valence-corrected chi connectivity index (χ3v) is 3.09. The number of hydrogen-bond acceptors (Lipinski definition) is 4. The van der Waals surface area contributed by atoms with Gasteiger partial charge in [0, 0.05) is 18.7 Å². The number of halogens is 1. The minimum absolute atomic E-state index is 0.0814. The summed E-state index contributed by atoms with van der Waals surface area (Å²) in [5.41, 5.74) is 0.967. The molecule has 0 aliphatic carbocycles. The fourth-order valence-electron chi connectivity index (χ4n) is 2.37. The fourth-order valence-corrected chi connectivity index (χ4v) is 2.37. The van der Waals surface area contributed by atoms with Crippen LogP contribution in [0.4, 0.5) is 10.1 Å². The van der Waals surface area contributed by atoms with E-state index in [4.69, 9.17) is 4.74 Å². The van der Waals surface area contributed by atoms with Crippen LogP contribution in [0.3, 0.4) is 0 Å². The monoisotopic (exact) mass is 255 g/mol. The molecule has 5 heteroatoms. The number of nitrogens with zero attached hydrogens (tertiary/aromatic N) is 1. The molecule has 1 fully saturated rings. The van der Waals surface area contributed by atoms with Crippen LogP contribution in [0, 0.1) is 5.82 Å². The molecule has 18 heavy (non-hydrogen) atoms. The van der Waals surface area contributed by atoms with E-state index in [0.29, 0.717) is 24.3 Å². The lowest BCUT2D eigenvalue weighted by Gasteiger charge is -2.38. The molecule has 0 saturated carbocycles. The van der Waals surface area contributed by atoms with Gasteiger partial charge in [0.25, 0.3) is 0 Å². The van der Waals surface area contributed by atoms with Crippen molar-refractivity contribution in [2.24, 2.45) is 0 Å². The predicted octanol–water partition coefficient (Wildman–Crippen LogP) is 0.904. The summed E-state index contributed by atoms with van der Waals surface area (Å²) in [6.07, 6.45) is -0.401. The van der Waals surface area contributed by atoms with Crippen LogP contribution >= 0.6 is 0 Å². The van der Waals surface area contributed by atoms with E-state index in [0.717, 1.165) is 0 Å². The third kappa shape index (κ3) is 2.63. The molecule has 0 spiro atoms. The number of para-hydroxylation sites is 1. The van der Waals surface area contributed by atoms with Gasteiger partial charge in [0.2, 0.25) is 0 Å². The molecular formula is C13H18FNO3. The highest BCUT2D eigenvalue weighted by Crippen LogP contribution is 2.27. The summed E-state index contributed by atoms with van der Waals surface area (Å²) in [6, 6.07) is 4.66. The van der Waals surface area contributed by atoms with Crippen molar-refractivity contribution >= 4 is 5.69 Å². The number of morpholine rings is 1. The smallest absolute Gasteiger partial charge is 0.146 e. The molecule has 2 atom stereocenters. The summed E-state index contributed by atoms with van der Waals surface area (Å²) in [6.45, 7) is 2.56. The molecule has 1 heterocycles. The predicted molar refractivity (Wildman–Crippen MR) is 66.0 cm³/mol. The number of aliphatic hydroxyl groups is 2. The molecule has 2 unspecified atom stereocenters. The second kappa shape index (κ2) is 5.65. The number of benzene rings is 1. The maximum Gasteiger partial charge on any atom is 0.146 e. The Morgan fingerprint density at radius 1 is 1.39 bits per heavy atom. The summed E-state index contributed by atoms with van der Waals surface area (Å²) in [5, 5.41) is 18.5. The first-order valence-corrected chi connectivity index (χ1v) is 6.05. The Labute approximate surface area is 106 Å². The van der Waals surface area contributed by atoms with E-state index in [9.17, 15) is 14.6 Å². The molecule has 2 N–H and O–H groups in total. The van der Waals surface area contributed by atoms with E-state index in [1.165, 1.54) is 6.07 Å². The van der Waals surface area contributed by atoms with Gasteiger partial charge in [-0.3, -0.25) is 0 Å². The van der Waals surface area contributed by atoms with Crippen molar-refractivity contribution in [2.75, 3.05) is 24.6 Å². The van der Waals surface area contributed by atoms with Gasteiger partial charge in [-0.1, -0.05) is 12.1 Å². The molecule has 100 valence electrons. The quantitative estimate of drug-likeness (QED) is 0.842. The molecule has 1 aromatic rings. The lowest BCUT2D eigenvalue weighted by Crippen LogP contribution is -2.48. The highest BCUT2D eigenvalue weighted by molar-refractivity contribution is 5.55. The Morgan fingerprint density at radius 2 is 2.17 bits per heavy atom. The molecule has 0 radical (unpaired) electrons. The van der Waals surface area contributed by atoms with Gasteiger partial charge in [0.1, 0.15) is 5.82 Å². The van der Waals surface area contributed by atoms with Gasteiger partial charge < -0.3 is 19.8 Å². The molecule has 1 saturated heterocycles. The summed E-state index contributed by atoms with van der Waals surface area (Å²) in [4.78, 5) is 1.83. The maximum absolute atomic E-state index is 13.9. The lowest BCUT2D eigenvalue weighted by atomic mass is 10.1. The Balaban J connectivity index is 2.30. The van der Waals surface area contributed by atoms with Gasteiger partial charge in [-0.2, -0.15) is 0 Å². The highest BCUT2D eigenvalue weighted by atomic mass is 19.1. The molecule has 2 rings (SSSR count). The van der Waals surface area contributed by atoms with Crippen LogP contribution in [0.2, 0.25) is 0 Å². The van der Waals surface area contributed by atoms with Gasteiger partial charge in [-0.15, -0.1) is 0 Å². The third-order valence-electron chi connectivity index (χ3n) is 3.09. The van der Waals surface area contributed by atoms with Crippen LogP contribution in [0.25, 0.3) is 0 Å². The van der Waals surface area contributed by atoms with Crippen LogP contribution in [0.1, 0.15) is 12.5 Å². The molecule has 1 aliphatic rings. The average Bonchev–Trinajstić information content (AvgIpc) is 2.37. The Morgan fingerprint density at radius 3 is 2.83 bits per heavy atom. The molecular weight excluding hydrogens is 237 g/mol. The van der Waals surface area contributed by atoms with E-state index in [2.05, 4.69) is 0 Å². The van der Waals surface area contributed by atoms with Crippen LogP contribution in [0.15, 0.2) is 18.2 Å². The van der Waals surface area contributed by atoms with Crippen LogP contribution in [-0.4, -0.2) is 42.1 Å². The summed E-state index contributed by atoms with van der Waals surface area (Å²) >= 11 is 0. The van der Waals surface area contributed by atoms with E-state index in [1.807, 2.05) is 11.8 Å². The maximum atomic E-state index is 13.9. The second-order valence-corrected chi connectivity index (χ2v) is 4.56. The average molecular weight is 255 g/mol. The Hall–Kier alpha value is -1.17. The van der Waals surface area contributed by atoms with Gasteiger partial charge in [-0.05, 0) is 13.0 Å². The Bertz CT molecular complexity index is 413. The topological polar surface area (TPSA) is 52.9 Å². The largest absolute Gasteiger partial charge is 0.394 e. The van der Waals surface area contributed by atoms with Crippen molar-refractivity contribution in [3.63, 3.8) is 0 Å². The number of ether oxygens (including phenoxy) is 1. The van der Waals surface area contributed by atoms with Crippen molar-refractivity contribution in [1.29, 1.82) is 0 Å². The zero-order chi connectivity index (χ0) is 13.1. The van der Waals surface area contributed by atoms with Crippen molar-refractivity contribution in [1.82, 2.24) is 0 Å². The van der Waals surface area contributed by atoms with Crippen LogP contribution in [-0.2, 0) is 11.3 Å². The summed E-state index contributed by atoms with van der Waals surface area (Å²) < 4.78 is 19.4. The van der Waals surface area contributed by atoms with Gasteiger partial charge >= 0.3 is 0 Å². The van der Waals surface area contributed by atoms with E-state index >= 15 is 0 Å². The van der Waals surface area contributed by atoms with Crippen LogP contribution < -0.4 is 4.90 Å². The van der Waals surface area contributed by atoms with E-state index in [1.54, 1.807) is 12.1 Å². The van der Waals surface area contributed by atoms with E-state index in [-0.39, 0.29) is 31.2 Å². The van der Waals surface area contributed by atoms with Crippen molar-refractivity contribution in [3.05, 3.63) is 29.6 Å². The normalized spacial score (nSPS) is 24.3. The first kappa shape index (κ1) is 13.3. The number of rotatable bonds is 3. The number of aliphatic hydroxyl groups excluding tert-OH is 2. The molecule has 1 aromatic carbocycles. The molecule has 0 aromatic heterocycles. The van der Waals surface area contributed by atoms with Crippen molar-refractivity contribution in [2.45, 2.75) is 25.7 Å². The zero-order valence-corrected chi connectivity index (χ0v) is 10.3. The minimum atomic E-state index is -0.354. The van der Waals surface area contributed by atoms with Gasteiger partial charge in [-0.25, -0.2) is 4.39 Å². The second-order valence-electron chi connectivity index (χ2n) is 4.56. The first-order chi connectivity index (χ1) is 8.65.